The number of fused-ring (bicyclic) bond motifs is 1. The van der Waals surface area contributed by atoms with Crippen LogP contribution in [0.3, 0.4) is 0 Å². The van der Waals surface area contributed by atoms with Gasteiger partial charge in [0.15, 0.2) is 0 Å². The number of para-hydroxylation sites is 2. The van der Waals surface area contributed by atoms with Gasteiger partial charge in [0.05, 0.1) is 28.0 Å². The second-order valence-electron chi connectivity index (χ2n) is 20.9. The molecule has 7 aromatic rings. The van der Waals surface area contributed by atoms with Crippen LogP contribution in [-0.2, 0) is 21.7 Å². The summed E-state index contributed by atoms with van der Waals surface area (Å²) < 4.78 is 2.25. The maximum Gasteiger partial charge on any atom is 0.149 e. The quantitative estimate of drug-likeness (QED) is 0.189. The van der Waals surface area contributed by atoms with Crippen LogP contribution in [0.15, 0.2) is 103 Å². The number of aryl methyl sites for hydroxylation is 3. The Morgan fingerprint density at radius 2 is 1.08 bits per heavy atom. The van der Waals surface area contributed by atoms with E-state index in [1.54, 1.807) is 6.07 Å². The number of aromatic hydroxyl groups is 1. The monoisotopic (exact) mass is 781 g/mol. The molecule has 0 fully saturated rings. The molecule has 1 N–H and O–H groups in total. The molecule has 0 saturated carbocycles. The van der Waals surface area contributed by atoms with Crippen LogP contribution in [0.2, 0.25) is 0 Å². The van der Waals surface area contributed by atoms with Gasteiger partial charge < -0.3 is 5.11 Å². The summed E-state index contributed by atoms with van der Waals surface area (Å²) in [6.45, 7) is 34.1. The van der Waals surface area contributed by atoms with Crippen LogP contribution in [0.1, 0.15) is 122 Å². The van der Waals surface area contributed by atoms with Crippen molar-refractivity contribution >= 4 is 11.0 Å². The molecule has 0 aliphatic rings. The molecule has 0 spiro atoms. The van der Waals surface area contributed by atoms with Gasteiger partial charge in [-0.25, -0.2) is 4.98 Å². The van der Waals surface area contributed by atoms with E-state index < -0.39 is 0 Å². The first-order valence-corrected chi connectivity index (χ1v) is 21.1. The minimum absolute atomic E-state index is 0.00688. The Kier molecular flexibility index (Phi) is 10.4. The van der Waals surface area contributed by atoms with Gasteiger partial charge in [-0.2, -0.15) is 0 Å². The lowest BCUT2D eigenvalue weighted by atomic mass is 9.74. The zero-order valence-electron chi connectivity index (χ0n) is 38.1. The number of benzene rings is 5. The van der Waals surface area contributed by atoms with Gasteiger partial charge in [-0.15, -0.1) is 0 Å². The summed E-state index contributed by atoms with van der Waals surface area (Å²) in [5.74, 6) is 0.916. The fraction of sp³-hybridized carbons (Fsp3) is 0.345. The van der Waals surface area contributed by atoms with E-state index >= 15 is 0 Å². The van der Waals surface area contributed by atoms with Crippen LogP contribution >= 0.6 is 0 Å². The number of nitrogens with zero attached hydrogens (tertiary/aromatic N) is 3. The number of rotatable bonds is 5. The van der Waals surface area contributed by atoms with Crippen LogP contribution in [0.5, 0.6) is 5.75 Å². The molecule has 7 rings (SSSR count). The summed E-state index contributed by atoms with van der Waals surface area (Å²) in [6, 6.07) is 34.9. The average Bonchev–Trinajstić information content (AvgIpc) is 3.51. The van der Waals surface area contributed by atoms with E-state index in [0.717, 1.165) is 55.8 Å². The van der Waals surface area contributed by atoms with Crippen LogP contribution in [0, 0.1) is 20.8 Å². The van der Waals surface area contributed by atoms with E-state index in [2.05, 4.69) is 181 Å². The number of imidazole rings is 1. The van der Waals surface area contributed by atoms with E-state index in [1.165, 1.54) is 33.4 Å². The first kappa shape index (κ1) is 41.7. The topological polar surface area (TPSA) is 50.9 Å². The SMILES string of the molecule is Cc1cc(C)c(-n2c(-c3ccccc3O)nc3c(-c4cc(-c5cc(-c6cc(C(C)(C)C)cc(C(C)(C)C)c6)ccn5)c(C(C)(C)C)cc4C(C)(C)C)cccc32)c(C)c1. The van der Waals surface area contributed by atoms with Crippen molar-refractivity contribution in [3.63, 3.8) is 0 Å². The van der Waals surface area contributed by atoms with E-state index in [9.17, 15) is 5.11 Å². The zero-order chi connectivity index (χ0) is 43.0. The molecule has 0 bridgehead atoms. The molecule has 0 radical (unpaired) electrons. The molecule has 0 aliphatic carbocycles. The normalized spacial score (nSPS) is 12.7. The molecule has 59 heavy (non-hydrogen) atoms. The molecule has 0 unspecified atom stereocenters. The Bertz CT molecular complexity index is 2680. The lowest BCUT2D eigenvalue weighted by molar-refractivity contribution is 0.477. The second kappa shape index (κ2) is 14.7. The molecular weight excluding hydrogens is 719 g/mol. The maximum atomic E-state index is 11.3. The molecule has 4 heteroatoms. The third-order valence-corrected chi connectivity index (χ3v) is 11.8. The van der Waals surface area contributed by atoms with Crippen molar-refractivity contribution in [3.05, 3.63) is 142 Å². The lowest BCUT2D eigenvalue weighted by Crippen LogP contribution is -2.19. The first-order valence-electron chi connectivity index (χ1n) is 21.1. The molecule has 0 saturated heterocycles. The molecule has 2 aromatic heterocycles. The van der Waals surface area contributed by atoms with Crippen molar-refractivity contribution in [2.75, 3.05) is 0 Å². The van der Waals surface area contributed by atoms with Gasteiger partial charge in [-0.3, -0.25) is 9.55 Å². The average molecular weight is 782 g/mol. The van der Waals surface area contributed by atoms with E-state index in [0.29, 0.717) is 11.4 Å². The first-order chi connectivity index (χ1) is 27.4. The fourth-order valence-corrected chi connectivity index (χ4v) is 8.60. The third kappa shape index (κ3) is 7.99. The highest BCUT2D eigenvalue weighted by Gasteiger charge is 2.30. The predicted octanol–water partition coefficient (Wildman–Crippen LogP) is 14.9. The van der Waals surface area contributed by atoms with Crippen molar-refractivity contribution in [1.29, 1.82) is 0 Å². The molecule has 4 nitrogen and oxygen atoms in total. The standard InChI is InChI=1S/C55H63N3O/c1-33-25-34(2)50(35(3)26-33)58-47-21-18-20-40(49(47)57-51(58)41-19-16-17-22-48(41)59)42-31-43(45(55(13,14)15)32-44(42)54(10,11)12)46-29-36(23-24-56-46)37-27-38(52(4,5)6)30-39(28-37)53(7,8)9/h16-32,59H,1-15H3. The smallest absolute Gasteiger partial charge is 0.149 e. The van der Waals surface area contributed by atoms with Gasteiger partial charge >= 0.3 is 0 Å². The van der Waals surface area contributed by atoms with Crippen molar-refractivity contribution in [1.82, 2.24) is 14.5 Å². The molecule has 304 valence electrons. The van der Waals surface area contributed by atoms with Crippen molar-refractivity contribution < 1.29 is 5.11 Å². The van der Waals surface area contributed by atoms with E-state index in [1.807, 2.05) is 24.4 Å². The zero-order valence-corrected chi connectivity index (χ0v) is 38.1. The molecule has 0 amide bonds. The maximum absolute atomic E-state index is 11.3. The summed E-state index contributed by atoms with van der Waals surface area (Å²) in [6.07, 6.45) is 1.97. The van der Waals surface area contributed by atoms with Crippen LogP contribution in [-0.4, -0.2) is 19.6 Å². The molecule has 0 atom stereocenters. The van der Waals surface area contributed by atoms with Crippen molar-refractivity contribution in [3.8, 4) is 56.3 Å². The number of phenolic OH excluding ortho intramolecular Hbond substituents is 1. The molecular formula is C55H63N3O. The number of pyridine rings is 1. The van der Waals surface area contributed by atoms with E-state index in [4.69, 9.17) is 9.97 Å². The number of hydrogen-bond acceptors (Lipinski definition) is 3. The van der Waals surface area contributed by atoms with Gasteiger partial charge in [0, 0.05) is 17.3 Å². The van der Waals surface area contributed by atoms with Gasteiger partial charge in [0.2, 0.25) is 0 Å². The summed E-state index contributed by atoms with van der Waals surface area (Å²) in [5.41, 5.74) is 18.6. The Morgan fingerprint density at radius 1 is 0.508 bits per heavy atom. The number of phenols is 1. The highest BCUT2D eigenvalue weighted by molar-refractivity contribution is 5.98. The Balaban J connectivity index is 1.54. The highest BCUT2D eigenvalue weighted by atomic mass is 16.3. The largest absolute Gasteiger partial charge is 0.507 e. The Labute approximate surface area is 353 Å². The summed E-state index contributed by atoms with van der Waals surface area (Å²) in [7, 11) is 0. The van der Waals surface area contributed by atoms with Gasteiger partial charge in [-0.1, -0.05) is 149 Å². The minimum Gasteiger partial charge on any atom is -0.507 e. The summed E-state index contributed by atoms with van der Waals surface area (Å²) >= 11 is 0. The van der Waals surface area contributed by atoms with Crippen molar-refractivity contribution in [2.24, 2.45) is 0 Å². The number of hydrogen-bond donors (Lipinski definition) is 1. The molecule has 0 aliphatic heterocycles. The van der Waals surface area contributed by atoms with Crippen LogP contribution in [0.4, 0.5) is 0 Å². The fourth-order valence-electron chi connectivity index (χ4n) is 8.60. The third-order valence-electron chi connectivity index (χ3n) is 11.8. The molecule has 5 aromatic carbocycles. The lowest BCUT2D eigenvalue weighted by Gasteiger charge is -2.30. The molecule has 2 heterocycles. The summed E-state index contributed by atoms with van der Waals surface area (Å²) in [4.78, 5) is 10.6. The van der Waals surface area contributed by atoms with Crippen LogP contribution in [0.25, 0.3) is 61.6 Å². The minimum atomic E-state index is -0.185. The Hall–Kier alpha value is -5.48. The Morgan fingerprint density at radius 3 is 1.66 bits per heavy atom. The van der Waals surface area contributed by atoms with Gasteiger partial charge in [0.25, 0.3) is 0 Å². The van der Waals surface area contributed by atoms with Gasteiger partial charge in [0.1, 0.15) is 11.6 Å². The van der Waals surface area contributed by atoms with Gasteiger partial charge in [-0.05, 0) is 129 Å². The second-order valence-corrected chi connectivity index (χ2v) is 20.9. The number of aromatic nitrogens is 3. The van der Waals surface area contributed by atoms with E-state index in [-0.39, 0.29) is 27.4 Å². The van der Waals surface area contributed by atoms with Crippen molar-refractivity contribution in [2.45, 2.75) is 126 Å². The highest BCUT2D eigenvalue weighted by Crippen LogP contribution is 2.46. The van der Waals surface area contributed by atoms with Crippen LogP contribution < -0.4 is 0 Å². The summed E-state index contributed by atoms with van der Waals surface area (Å²) in [5, 5.41) is 11.3. The predicted molar refractivity (Wildman–Crippen MR) is 251 cm³/mol.